The minimum atomic E-state index is -0.417. The maximum absolute atomic E-state index is 13.1. The summed E-state index contributed by atoms with van der Waals surface area (Å²) < 4.78 is 11.1. The topological polar surface area (TPSA) is 59.1 Å². The number of likely N-dealkylation sites (N-methyl/N-ethyl adjacent to an activating group) is 1. The number of fused-ring (bicyclic) bond motifs is 1. The molecule has 2 saturated carbocycles. The van der Waals surface area contributed by atoms with Gasteiger partial charge < -0.3 is 19.3 Å². The molecule has 1 heterocycles. The van der Waals surface area contributed by atoms with Crippen LogP contribution in [-0.4, -0.2) is 74.7 Å². The molecule has 4 atom stereocenters. The summed E-state index contributed by atoms with van der Waals surface area (Å²) in [4.78, 5) is 29.2. The Balaban J connectivity index is 1.43. The lowest BCUT2D eigenvalue weighted by Crippen LogP contribution is -2.48. The van der Waals surface area contributed by atoms with E-state index in [0.29, 0.717) is 29.0 Å². The summed E-state index contributed by atoms with van der Waals surface area (Å²) in [5.41, 5.74) is 0.966. The molecule has 3 fully saturated rings. The summed E-state index contributed by atoms with van der Waals surface area (Å²) in [5, 5.41) is 0. The van der Waals surface area contributed by atoms with Gasteiger partial charge in [0.2, 0.25) is 0 Å². The zero-order chi connectivity index (χ0) is 20.5. The molecule has 1 aromatic carbocycles. The Morgan fingerprint density at radius 1 is 1.10 bits per heavy atom. The zero-order valence-corrected chi connectivity index (χ0v) is 17.7. The number of nitrogens with zero attached hydrogens (tertiary/aromatic N) is 2. The van der Waals surface area contributed by atoms with E-state index in [1.54, 1.807) is 24.3 Å². The van der Waals surface area contributed by atoms with Gasteiger partial charge in [-0.05, 0) is 75.7 Å². The summed E-state index contributed by atoms with van der Waals surface area (Å²) in [5.74, 6) is 1.35. The van der Waals surface area contributed by atoms with Crippen LogP contribution in [0, 0.1) is 17.8 Å². The molecule has 0 aromatic heterocycles. The van der Waals surface area contributed by atoms with Crippen LogP contribution in [-0.2, 0) is 9.47 Å². The third-order valence-electron chi connectivity index (χ3n) is 6.81. The lowest BCUT2D eigenvalue weighted by atomic mass is 9.77. The van der Waals surface area contributed by atoms with Gasteiger partial charge in [0.15, 0.2) is 0 Å². The minimum Gasteiger partial charge on any atom is -0.465 e. The molecule has 1 aromatic rings. The number of rotatable bonds is 6. The van der Waals surface area contributed by atoms with Crippen LogP contribution in [0.1, 0.15) is 46.4 Å². The van der Waals surface area contributed by atoms with Gasteiger partial charge in [-0.1, -0.05) is 6.07 Å². The normalized spacial score (nSPS) is 29.0. The Kier molecular flexibility index (Phi) is 5.93. The predicted molar refractivity (Wildman–Crippen MR) is 110 cm³/mol. The monoisotopic (exact) mass is 400 g/mol. The van der Waals surface area contributed by atoms with Crippen LogP contribution in [0.2, 0.25) is 0 Å². The standard InChI is InChI=1S/C23H32N2O4/c1-24(2)20-10-18-12-25(13-19(18)11-21(20)29-14-15-7-8-15)22(26)16-5-4-6-17(9-16)23(27)28-3/h4-6,9,15,18-21H,7-8,10-14H2,1-3H3/t18-,19+,20-,21-/m1/s1. The number of ether oxygens (including phenoxy) is 2. The molecular weight excluding hydrogens is 368 g/mol. The highest BCUT2D eigenvalue weighted by molar-refractivity contribution is 5.98. The van der Waals surface area contributed by atoms with Crippen molar-refractivity contribution in [3.8, 4) is 0 Å². The molecule has 0 radical (unpaired) electrons. The second-order valence-corrected chi connectivity index (χ2v) is 9.12. The maximum Gasteiger partial charge on any atom is 0.337 e. The molecule has 4 rings (SSSR count). The average molecular weight is 401 g/mol. The Morgan fingerprint density at radius 3 is 2.45 bits per heavy atom. The van der Waals surface area contributed by atoms with E-state index in [9.17, 15) is 9.59 Å². The average Bonchev–Trinajstić information content (AvgIpc) is 3.47. The molecule has 3 aliphatic rings. The molecule has 2 aliphatic carbocycles. The van der Waals surface area contributed by atoms with Gasteiger partial charge in [0.1, 0.15) is 0 Å². The first-order valence-electron chi connectivity index (χ1n) is 10.7. The lowest BCUT2D eigenvalue weighted by molar-refractivity contribution is -0.0493. The fourth-order valence-electron chi connectivity index (χ4n) is 4.90. The van der Waals surface area contributed by atoms with Crippen molar-refractivity contribution in [3.63, 3.8) is 0 Å². The number of hydrogen-bond acceptors (Lipinski definition) is 5. The van der Waals surface area contributed by atoms with Gasteiger partial charge in [-0.3, -0.25) is 4.79 Å². The van der Waals surface area contributed by atoms with E-state index >= 15 is 0 Å². The van der Waals surface area contributed by atoms with Gasteiger partial charge in [0.25, 0.3) is 5.91 Å². The molecule has 6 heteroatoms. The van der Waals surface area contributed by atoms with E-state index in [4.69, 9.17) is 9.47 Å². The molecule has 0 N–H and O–H groups in total. The summed E-state index contributed by atoms with van der Waals surface area (Å²) >= 11 is 0. The van der Waals surface area contributed by atoms with Crippen molar-refractivity contribution in [1.29, 1.82) is 0 Å². The second kappa shape index (κ2) is 8.44. The summed E-state index contributed by atoms with van der Waals surface area (Å²) in [7, 11) is 5.62. The highest BCUT2D eigenvalue weighted by Gasteiger charge is 2.45. The highest BCUT2D eigenvalue weighted by Crippen LogP contribution is 2.40. The number of hydrogen-bond donors (Lipinski definition) is 0. The Hall–Kier alpha value is -1.92. The van der Waals surface area contributed by atoms with E-state index in [1.807, 2.05) is 4.90 Å². The zero-order valence-electron chi connectivity index (χ0n) is 17.7. The molecule has 1 aliphatic heterocycles. The molecule has 0 spiro atoms. The number of esters is 1. The third-order valence-corrected chi connectivity index (χ3v) is 6.81. The van der Waals surface area contributed by atoms with E-state index in [2.05, 4.69) is 19.0 Å². The number of methoxy groups -OCH3 is 1. The van der Waals surface area contributed by atoms with Gasteiger partial charge in [0.05, 0.1) is 18.8 Å². The molecular formula is C23H32N2O4. The Labute approximate surface area is 173 Å². The summed E-state index contributed by atoms with van der Waals surface area (Å²) in [6.07, 6.45) is 4.95. The number of amides is 1. The number of benzene rings is 1. The van der Waals surface area contributed by atoms with Crippen molar-refractivity contribution in [2.45, 2.75) is 37.8 Å². The SMILES string of the molecule is COC(=O)c1cccc(C(=O)N2C[C@H]3C[C@@H](N(C)C)[C@H](OCC4CC4)C[C@H]3C2)c1. The first-order chi connectivity index (χ1) is 14.0. The van der Waals surface area contributed by atoms with Crippen LogP contribution in [0.25, 0.3) is 0 Å². The Bertz CT molecular complexity index is 761. The first-order valence-corrected chi connectivity index (χ1v) is 10.7. The van der Waals surface area contributed by atoms with Crippen LogP contribution in [0.5, 0.6) is 0 Å². The third kappa shape index (κ3) is 4.48. The van der Waals surface area contributed by atoms with Crippen molar-refractivity contribution in [3.05, 3.63) is 35.4 Å². The van der Waals surface area contributed by atoms with Crippen molar-refractivity contribution in [2.24, 2.45) is 17.8 Å². The van der Waals surface area contributed by atoms with Crippen molar-refractivity contribution in [1.82, 2.24) is 9.80 Å². The van der Waals surface area contributed by atoms with Gasteiger partial charge in [0, 0.05) is 31.3 Å². The smallest absolute Gasteiger partial charge is 0.337 e. The molecule has 0 unspecified atom stereocenters. The molecule has 1 saturated heterocycles. The van der Waals surface area contributed by atoms with Gasteiger partial charge in [-0.2, -0.15) is 0 Å². The fourth-order valence-corrected chi connectivity index (χ4v) is 4.90. The molecule has 158 valence electrons. The number of likely N-dealkylation sites (tertiary alicyclic amines) is 1. The van der Waals surface area contributed by atoms with E-state index in [1.165, 1.54) is 20.0 Å². The summed E-state index contributed by atoms with van der Waals surface area (Å²) in [6, 6.07) is 7.25. The number of carbonyl (C=O) groups excluding carboxylic acids is 2. The quantitative estimate of drug-likeness (QED) is 0.687. The lowest BCUT2D eigenvalue weighted by Gasteiger charge is -2.41. The van der Waals surface area contributed by atoms with Crippen LogP contribution in [0.3, 0.4) is 0 Å². The van der Waals surface area contributed by atoms with E-state index in [0.717, 1.165) is 38.5 Å². The summed E-state index contributed by atoms with van der Waals surface area (Å²) in [6.45, 7) is 2.44. The Morgan fingerprint density at radius 2 is 1.79 bits per heavy atom. The van der Waals surface area contributed by atoms with E-state index < -0.39 is 5.97 Å². The first kappa shape index (κ1) is 20.4. The van der Waals surface area contributed by atoms with Crippen molar-refractivity contribution < 1.29 is 19.1 Å². The molecule has 29 heavy (non-hydrogen) atoms. The molecule has 6 nitrogen and oxygen atoms in total. The van der Waals surface area contributed by atoms with Crippen LogP contribution in [0.15, 0.2) is 24.3 Å². The largest absolute Gasteiger partial charge is 0.465 e. The van der Waals surface area contributed by atoms with Crippen LogP contribution >= 0.6 is 0 Å². The number of carbonyl (C=O) groups is 2. The van der Waals surface area contributed by atoms with Gasteiger partial charge >= 0.3 is 5.97 Å². The van der Waals surface area contributed by atoms with E-state index in [-0.39, 0.29) is 12.0 Å². The molecule has 1 amide bonds. The predicted octanol–water partition coefficient (Wildman–Crippen LogP) is 2.68. The second-order valence-electron chi connectivity index (χ2n) is 9.12. The fraction of sp³-hybridized carbons (Fsp3) is 0.652. The maximum atomic E-state index is 13.1. The molecule has 0 bridgehead atoms. The minimum absolute atomic E-state index is 0.00186. The van der Waals surface area contributed by atoms with Gasteiger partial charge in [-0.25, -0.2) is 4.79 Å². The van der Waals surface area contributed by atoms with Crippen molar-refractivity contribution >= 4 is 11.9 Å². The highest BCUT2D eigenvalue weighted by atomic mass is 16.5. The van der Waals surface area contributed by atoms with Gasteiger partial charge in [-0.15, -0.1) is 0 Å². The van der Waals surface area contributed by atoms with Crippen LogP contribution < -0.4 is 0 Å². The van der Waals surface area contributed by atoms with Crippen molar-refractivity contribution in [2.75, 3.05) is 40.9 Å². The van der Waals surface area contributed by atoms with Crippen LogP contribution in [0.4, 0.5) is 0 Å².